The van der Waals surface area contributed by atoms with Gasteiger partial charge in [0.2, 0.25) is 5.91 Å². The molecule has 1 amide bonds. The van der Waals surface area contributed by atoms with Gasteiger partial charge in [-0.3, -0.25) is 10.1 Å². The molecule has 0 spiro atoms. The number of aryl methyl sites for hydroxylation is 1. The van der Waals surface area contributed by atoms with Gasteiger partial charge in [0.15, 0.2) is 0 Å². The van der Waals surface area contributed by atoms with Gasteiger partial charge in [-0.2, -0.15) is 0 Å². The summed E-state index contributed by atoms with van der Waals surface area (Å²) in [4.78, 5) is 18.2. The fourth-order valence-corrected chi connectivity index (χ4v) is 2.94. The Balaban J connectivity index is 1.98. The number of aromatic nitrogens is 1. The quantitative estimate of drug-likeness (QED) is 0.892. The number of rotatable bonds is 3. The fourth-order valence-electron chi connectivity index (χ4n) is 2.13. The minimum Gasteiger partial charge on any atom is -0.344 e. The number of carbonyl (C=O) groups excluding carboxylic acids is 1. The van der Waals surface area contributed by atoms with Crippen molar-refractivity contribution in [3.63, 3.8) is 0 Å². The van der Waals surface area contributed by atoms with Crippen LogP contribution in [0.25, 0.3) is 0 Å². The Morgan fingerprint density at radius 3 is 3.06 bits per heavy atom. The Bertz CT molecular complexity index is 404. The van der Waals surface area contributed by atoms with Crippen LogP contribution in [0.5, 0.6) is 0 Å². The predicted octanol–water partition coefficient (Wildman–Crippen LogP) is 1.72. The van der Waals surface area contributed by atoms with E-state index in [0.29, 0.717) is 0 Å². The summed E-state index contributed by atoms with van der Waals surface area (Å²) < 4.78 is 0. The first-order valence-corrected chi connectivity index (χ1v) is 6.89. The SMILES string of the molecule is Cc1csc(C(C)NC2CCCN(C)C2=O)n1. The zero-order valence-corrected chi connectivity index (χ0v) is 11.4. The van der Waals surface area contributed by atoms with E-state index in [1.54, 1.807) is 16.2 Å². The number of likely N-dealkylation sites (N-methyl/N-ethyl adjacent to an activating group) is 1. The van der Waals surface area contributed by atoms with Crippen LogP contribution in [0.3, 0.4) is 0 Å². The third-order valence-corrected chi connectivity index (χ3v) is 4.26. The van der Waals surface area contributed by atoms with Crippen molar-refractivity contribution in [2.75, 3.05) is 13.6 Å². The Labute approximate surface area is 106 Å². The molecule has 1 aromatic heterocycles. The summed E-state index contributed by atoms with van der Waals surface area (Å²) in [5, 5.41) is 6.49. The molecule has 2 unspecified atom stereocenters. The minimum absolute atomic E-state index is 0.0482. The number of nitrogens with one attached hydrogen (secondary N) is 1. The Morgan fingerprint density at radius 2 is 2.41 bits per heavy atom. The van der Waals surface area contributed by atoms with Gasteiger partial charge in [-0.15, -0.1) is 11.3 Å². The fraction of sp³-hybridized carbons (Fsp3) is 0.667. The normalized spacial score (nSPS) is 22.9. The number of likely N-dealkylation sites (tertiary alicyclic amines) is 1. The molecule has 17 heavy (non-hydrogen) atoms. The molecule has 1 N–H and O–H groups in total. The first-order chi connectivity index (χ1) is 8.08. The number of nitrogens with zero attached hydrogens (tertiary/aromatic N) is 2. The van der Waals surface area contributed by atoms with Crippen molar-refractivity contribution >= 4 is 17.2 Å². The second kappa shape index (κ2) is 5.14. The molecule has 1 saturated heterocycles. The van der Waals surface area contributed by atoms with Crippen LogP contribution in [0.1, 0.15) is 36.5 Å². The molecule has 0 bridgehead atoms. The van der Waals surface area contributed by atoms with Crippen molar-refractivity contribution in [2.24, 2.45) is 0 Å². The molecule has 94 valence electrons. The van der Waals surface area contributed by atoms with E-state index < -0.39 is 0 Å². The molecule has 0 saturated carbocycles. The molecule has 0 aromatic carbocycles. The molecular weight excluding hydrogens is 234 g/mol. The van der Waals surface area contributed by atoms with E-state index in [-0.39, 0.29) is 18.0 Å². The van der Waals surface area contributed by atoms with E-state index in [1.165, 1.54) is 0 Å². The van der Waals surface area contributed by atoms with E-state index >= 15 is 0 Å². The van der Waals surface area contributed by atoms with Crippen LogP contribution in [-0.2, 0) is 4.79 Å². The van der Waals surface area contributed by atoms with Gasteiger partial charge in [-0.05, 0) is 26.7 Å². The predicted molar refractivity (Wildman–Crippen MR) is 69.1 cm³/mol. The number of piperidine rings is 1. The van der Waals surface area contributed by atoms with Gasteiger partial charge in [-0.1, -0.05) is 0 Å². The van der Waals surface area contributed by atoms with Crippen molar-refractivity contribution in [1.82, 2.24) is 15.2 Å². The average Bonchev–Trinajstić information content (AvgIpc) is 2.72. The van der Waals surface area contributed by atoms with Crippen LogP contribution in [-0.4, -0.2) is 35.4 Å². The van der Waals surface area contributed by atoms with E-state index in [4.69, 9.17) is 0 Å². The van der Waals surface area contributed by atoms with E-state index in [0.717, 1.165) is 30.1 Å². The van der Waals surface area contributed by atoms with Gasteiger partial charge < -0.3 is 4.90 Å². The van der Waals surface area contributed by atoms with Crippen molar-refractivity contribution in [2.45, 2.75) is 38.8 Å². The van der Waals surface area contributed by atoms with Crippen molar-refractivity contribution < 1.29 is 4.79 Å². The van der Waals surface area contributed by atoms with Crippen LogP contribution in [0.2, 0.25) is 0 Å². The van der Waals surface area contributed by atoms with E-state index in [9.17, 15) is 4.79 Å². The van der Waals surface area contributed by atoms with Gasteiger partial charge in [0.05, 0.1) is 12.1 Å². The Kier molecular flexibility index (Phi) is 3.79. The molecule has 2 rings (SSSR count). The highest BCUT2D eigenvalue weighted by atomic mass is 32.1. The van der Waals surface area contributed by atoms with Crippen LogP contribution in [0.15, 0.2) is 5.38 Å². The highest BCUT2D eigenvalue weighted by Crippen LogP contribution is 2.20. The van der Waals surface area contributed by atoms with Gasteiger partial charge in [0, 0.05) is 24.7 Å². The summed E-state index contributed by atoms with van der Waals surface area (Å²) in [5.41, 5.74) is 1.05. The first-order valence-electron chi connectivity index (χ1n) is 6.01. The topological polar surface area (TPSA) is 45.2 Å². The highest BCUT2D eigenvalue weighted by molar-refractivity contribution is 7.09. The monoisotopic (exact) mass is 253 g/mol. The molecule has 0 aliphatic carbocycles. The standard InChI is InChI=1S/C12H19N3OS/c1-8-7-17-11(13-8)9(2)14-10-5-4-6-15(3)12(10)16/h7,9-10,14H,4-6H2,1-3H3. The lowest BCUT2D eigenvalue weighted by molar-refractivity contribution is -0.134. The molecule has 2 atom stereocenters. The van der Waals surface area contributed by atoms with Crippen LogP contribution in [0.4, 0.5) is 0 Å². The van der Waals surface area contributed by atoms with Crippen molar-refractivity contribution in [1.29, 1.82) is 0 Å². The summed E-state index contributed by atoms with van der Waals surface area (Å²) in [6.07, 6.45) is 2.00. The second-order valence-electron chi connectivity index (χ2n) is 4.67. The number of carbonyl (C=O) groups is 1. The molecule has 5 heteroatoms. The molecular formula is C12H19N3OS. The largest absolute Gasteiger partial charge is 0.344 e. The van der Waals surface area contributed by atoms with E-state index in [1.807, 2.05) is 19.4 Å². The lowest BCUT2D eigenvalue weighted by Gasteiger charge is -2.31. The molecule has 1 aromatic rings. The summed E-state index contributed by atoms with van der Waals surface area (Å²) >= 11 is 1.65. The maximum absolute atomic E-state index is 11.9. The number of hydrogen-bond donors (Lipinski definition) is 1. The minimum atomic E-state index is -0.0482. The molecule has 1 fully saturated rings. The summed E-state index contributed by atoms with van der Waals surface area (Å²) in [6, 6.07) is 0.0992. The maximum Gasteiger partial charge on any atom is 0.239 e. The van der Waals surface area contributed by atoms with Gasteiger partial charge in [-0.25, -0.2) is 4.98 Å². The zero-order valence-electron chi connectivity index (χ0n) is 10.6. The van der Waals surface area contributed by atoms with Crippen LogP contribution < -0.4 is 5.32 Å². The second-order valence-corrected chi connectivity index (χ2v) is 5.56. The average molecular weight is 253 g/mol. The maximum atomic E-state index is 11.9. The molecule has 4 nitrogen and oxygen atoms in total. The lowest BCUT2D eigenvalue weighted by Crippen LogP contribution is -2.49. The smallest absolute Gasteiger partial charge is 0.239 e. The summed E-state index contributed by atoms with van der Waals surface area (Å²) in [6.45, 7) is 4.94. The Hall–Kier alpha value is -0.940. The van der Waals surface area contributed by atoms with Crippen molar-refractivity contribution in [3.05, 3.63) is 16.1 Å². The first kappa shape index (κ1) is 12.5. The zero-order chi connectivity index (χ0) is 12.4. The third kappa shape index (κ3) is 2.84. The highest BCUT2D eigenvalue weighted by Gasteiger charge is 2.27. The third-order valence-electron chi connectivity index (χ3n) is 3.12. The number of hydrogen-bond acceptors (Lipinski definition) is 4. The van der Waals surface area contributed by atoms with Crippen molar-refractivity contribution in [3.8, 4) is 0 Å². The number of thiazole rings is 1. The number of amides is 1. The van der Waals surface area contributed by atoms with Gasteiger partial charge in [0.25, 0.3) is 0 Å². The molecule has 2 heterocycles. The Morgan fingerprint density at radius 1 is 1.65 bits per heavy atom. The van der Waals surface area contributed by atoms with E-state index in [2.05, 4.69) is 17.2 Å². The molecule has 1 aliphatic rings. The molecule has 0 radical (unpaired) electrons. The summed E-state index contributed by atoms with van der Waals surface area (Å²) in [7, 11) is 1.87. The van der Waals surface area contributed by atoms with Gasteiger partial charge in [0.1, 0.15) is 5.01 Å². The van der Waals surface area contributed by atoms with Crippen LogP contribution in [0, 0.1) is 6.92 Å². The molecule has 1 aliphatic heterocycles. The lowest BCUT2D eigenvalue weighted by atomic mass is 10.0. The summed E-state index contributed by atoms with van der Waals surface area (Å²) in [5.74, 6) is 0.205. The van der Waals surface area contributed by atoms with Crippen LogP contribution >= 0.6 is 11.3 Å². The van der Waals surface area contributed by atoms with Gasteiger partial charge >= 0.3 is 0 Å².